The van der Waals surface area contributed by atoms with Crippen molar-refractivity contribution in [3.05, 3.63) is 59.2 Å². The molecule has 2 aliphatic heterocycles. The summed E-state index contributed by atoms with van der Waals surface area (Å²) < 4.78 is 23.0. The maximum absolute atomic E-state index is 14.2. The summed E-state index contributed by atoms with van der Waals surface area (Å²) >= 11 is 0. The van der Waals surface area contributed by atoms with E-state index in [2.05, 4.69) is 35.4 Å². The second-order valence-electron chi connectivity index (χ2n) is 12.1. The highest BCUT2D eigenvalue weighted by molar-refractivity contribution is 5.79. The molecule has 3 aliphatic rings. The molecule has 0 radical (unpaired) electrons. The van der Waals surface area contributed by atoms with Gasteiger partial charge >= 0.3 is 5.97 Å². The number of amides is 1. The predicted molar refractivity (Wildman–Crippen MR) is 168 cm³/mol. The molecule has 9 heteroatoms. The number of fused-ring (bicyclic) bond motifs is 3. The Morgan fingerprint density at radius 1 is 0.955 bits per heavy atom. The van der Waals surface area contributed by atoms with Crippen molar-refractivity contribution in [3.8, 4) is 23.0 Å². The second-order valence-corrected chi connectivity index (χ2v) is 12.1. The van der Waals surface area contributed by atoms with Crippen molar-refractivity contribution in [2.45, 2.75) is 63.5 Å². The van der Waals surface area contributed by atoms with Crippen LogP contribution in [0.25, 0.3) is 0 Å². The molecular formula is C35H46N2O7. The lowest BCUT2D eigenvalue weighted by Crippen LogP contribution is -2.62. The Balaban J connectivity index is 1.80. The summed E-state index contributed by atoms with van der Waals surface area (Å²) in [4.78, 5) is 31.4. The molecule has 0 saturated heterocycles. The molecule has 2 aromatic carbocycles. The number of carboxylic acids is 1. The maximum atomic E-state index is 14.2. The van der Waals surface area contributed by atoms with E-state index in [4.69, 9.17) is 18.9 Å². The van der Waals surface area contributed by atoms with E-state index in [1.807, 2.05) is 12.1 Å². The average molecular weight is 607 g/mol. The standard InChI is InChI=1S/C35H46N2O7/c1-7-9-10-32(38)37-16-13-23-19-29(42-4)31(44-6)21-26(23)35(37)14-11-24(34(39)40)17-27(35)33-25-20-30(43-5)28(41-3)18-22(25)12-15-36(33)8-2/h7,18-21,24,27,33H,1,8-17H2,2-6H3,(H,39,40)/t24-,27-,33?,35+/m1/s1. The number of methoxy groups -OCH3 is 4. The minimum absolute atomic E-state index is 0.0653. The van der Waals surface area contributed by atoms with Crippen molar-refractivity contribution in [2.24, 2.45) is 11.8 Å². The number of hydrogen-bond acceptors (Lipinski definition) is 7. The van der Waals surface area contributed by atoms with E-state index in [9.17, 15) is 14.7 Å². The quantitative estimate of drug-likeness (QED) is 0.360. The van der Waals surface area contributed by atoms with Gasteiger partial charge in [-0.15, -0.1) is 6.58 Å². The van der Waals surface area contributed by atoms with Gasteiger partial charge in [0.15, 0.2) is 23.0 Å². The van der Waals surface area contributed by atoms with Crippen LogP contribution in [0.15, 0.2) is 36.9 Å². The molecule has 1 N–H and O–H groups in total. The topological polar surface area (TPSA) is 97.8 Å². The van der Waals surface area contributed by atoms with Crippen LogP contribution in [0, 0.1) is 11.8 Å². The summed E-state index contributed by atoms with van der Waals surface area (Å²) in [6.45, 7) is 8.16. The van der Waals surface area contributed by atoms with E-state index < -0.39 is 17.4 Å². The molecule has 2 aromatic rings. The van der Waals surface area contributed by atoms with E-state index in [-0.39, 0.29) is 17.9 Å². The number of carbonyl (C=O) groups excluding carboxylic acids is 1. The lowest BCUT2D eigenvalue weighted by Gasteiger charge is -2.59. The van der Waals surface area contributed by atoms with E-state index in [0.29, 0.717) is 68.1 Å². The van der Waals surface area contributed by atoms with Crippen molar-refractivity contribution in [2.75, 3.05) is 48.1 Å². The zero-order valence-electron chi connectivity index (χ0n) is 26.7. The molecule has 4 atom stereocenters. The molecule has 44 heavy (non-hydrogen) atoms. The first-order valence-corrected chi connectivity index (χ1v) is 15.7. The second kappa shape index (κ2) is 13.1. The van der Waals surface area contributed by atoms with Crippen LogP contribution >= 0.6 is 0 Å². The van der Waals surface area contributed by atoms with Gasteiger partial charge in [0, 0.05) is 31.5 Å². The number of benzene rings is 2. The number of carboxylic acid groups (broad SMARTS) is 1. The number of hydrogen-bond donors (Lipinski definition) is 1. The fraction of sp³-hybridized carbons (Fsp3) is 0.543. The van der Waals surface area contributed by atoms with Gasteiger partial charge in [0.2, 0.25) is 5.91 Å². The summed E-state index contributed by atoms with van der Waals surface area (Å²) in [5.41, 5.74) is 3.67. The molecule has 5 rings (SSSR count). The molecule has 9 nitrogen and oxygen atoms in total. The largest absolute Gasteiger partial charge is 0.493 e. The first kappa shape index (κ1) is 31.7. The maximum Gasteiger partial charge on any atom is 0.306 e. The molecule has 1 saturated carbocycles. The van der Waals surface area contributed by atoms with Gasteiger partial charge in [-0.3, -0.25) is 14.5 Å². The third kappa shape index (κ3) is 5.29. The van der Waals surface area contributed by atoms with Crippen LogP contribution in [0.3, 0.4) is 0 Å². The lowest BCUT2D eigenvalue weighted by molar-refractivity contribution is -0.155. The van der Waals surface area contributed by atoms with E-state index in [0.717, 1.165) is 41.8 Å². The third-order valence-electron chi connectivity index (χ3n) is 10.2. The van der Waals surface area contributed by atoms with Gasteiger partial charge in [-0.2, -0.15) is 0 Å². The smallest absolute Gasteiger partial charge is 0.306 e. The molecule has 1 amide bonds. The van der Waals surface area contributed by atoms with Crippen LogP contribution in [0.1, 0.15) is 67.3 Å². The molecule has 1 fully saturated rings. The number of allylic oxidation sites excluding steroid dienone is 1. The van der Waals surface area contributed by atoms with Crippen molar-refractivity contribution in [3.63, 3.8) is 0 Å². The number of rotatable bonds is 10. The summed E-state index contributed by atoms with van der Waals surface area (Å²) in [6, 6.07) is 8.07. The summed E-state index contributed by atoms with van der Waals surface area (Å²) in [5.74, 6) is 1.11. The van der Waals surface area contributed by atoms with Crippen molar-refractivity contribution >= 4 is 11.9 Å². The van der Waals surface area contributed by atoms with Crippen LogP contribution in [0.5, 0.6) is 23.0 Å². The lowest BCUT2D eigenvalue weighted by atomic mass is 9.58. The molecule has 1 spiro atoms. The van der Waals surface area contributed by atoms with E-state index in [1.54, 1.807) is 34.5 Å². The highest BCUT2D eigenvalue weighted by atomic mass is 16.5. The molecular weight excluding hydrogens is 560 g/mol. The zero-order chi connectivity index (χ0) is 31.6. The van der Waals surface area contributed by atoms with Crippen LogP contribution < -0.4 is 18.9 Å². The molecule has 0 bridgehead atoms. The van der Waals surface area contributed by atoms with Gasteiger partial charge in [-0.25, -0.2) is 0 Å². The molecule has 1 unspecified atom stereocenters. The van der Waals surface area contributed by atoms with Crippen LogP contribution in [-0.4, -0.2) is 74.9 Å². The normalized spacial score (nSPS) is 24.7. The number of carbonyl (C=O) groups is 2. The Kier molecular flexibility index (Phi) is 9.44. The first-order valence-electron chi connectivity index (χ1n) is 15.7. The zero-order valence-corrected chi connectivity index (χ0v) is 26.7. The monoisotopic (exact) mass is 606 g/mol. The fourth-order valence-corrected chi connectivity index (χ4v) is 8.15. The average Bonchev–Trinajstić information content (AvgIpc) is 3.05. The Hall–Kier alpha value is -3.72. The first-order chi connectivity index (χ1) is 21.3. The highest BCUT2D eigenvalue weighted by Gasteiger charge is 2.57. The van der Waals surface area contributed by atoms with Crippen molar-refractivity contribution in [1.82, 2.24) is 9.80 Å². The third-order valence-corrected chi connectivity index (χ3v) is 10.2. The van der Waals surface area contributed by atoms with Gasteiger partial charge in [-0.1, -0.05) is 13.0 Å². The number of aliphatic carboxylic acids is 1. The van der Waals surface area contributed by atoms with Crippen LogP contribution in [0.4, 0.5) is 0 Å². The minimum Gasteiger partial charge on any atom is -0.493 e. The van der Waals surface area contributed by atoms with Gasteiger partial charge in [-0.05, 0) is 91.6 Å². The van der Waals surface area contributed by atoms with Crippen LogP contribution in [0.2, 0.25) is 0 Å². The van der Waals surface area contributed by atoms with E-state index in [1.165, 1.54) is 0 Å². The molecule has 1 aliphatic carbocycles. The Labute approximate surface area is 260 Å². The van der Waals surface area contributed by atoms with Gasteiger partial charge in [0.25, 0.3) is 0 Å². The molecule has 0 aromatic heterocycles. The van der Waals surface area contributed by atoms with Gasteiger partial charge < -0.3 is 29.0 Å². The predicted octanol–water partition coefficient (Wildman–Crippen LogP) is 5.39. The Morgan fingerprint density at radius 3 is 2.18 bits per heavy atom. The van der Waals surface area contributed by atoms with Crippen LogP contribution in [-0.2, 0) is 28.0 Å². The van der Waals surface area contributed by atoms with Crippen molar-refractivity contribution < 1.29 is 33.6 Å². The van der Waals surface area contributed by atoms with Gasteiger partial charge in [0.05, 0.1) is 39.9 Å². The SMILES string of the molecule is C=CCCC(=O)N1CCc2cc(OC)c(OC)cc2[C@]12CC[C@@H](C(=O)O)C[C@@H]2C1c2cc(OC)c(OC)cc2CCN1CC. The molecule has 238 valence electrons. The highest BCUT2D eigenvalue weighted by Crippen LogP contribution is 2.59. The summed E-state index contributed by atoms with van der Waals surface area (Å²) in [6.07, 6.45) is 5.68. The van der Waals surface area contributed by atoms with Crippen molar-refractivity contribution in [1.29, 1.82) is 0 Å². The Morgan fingerprint density at radius 2 is 1.57 bits per heavy atom. The number of nitrogens with zero attached hydrogens (tertiary/aromatic N) is 2. The van der Waals surface area contributed by atoms with E-state index >= 15 is 0 Å². The molecule has 2 heterocycles. The minimum atomic E-state index is -0.788. The number of ether oxygens (including phenoxy) is 4. The van der Waals surface area contributed by atoms with Gasteiger partial charge in [0.1, 0.15) is 0 Å². The number of likely N-dealkylation sites (N-methyl/N-ethyl adjacent to an activating group) is 1. The summed E-state index contributed by atoms with van der Waals surface area (Å²) in [7, 11) is 6.54. The summed E-state index contributed by atoms with van der Waals surface area (Å²) in [5, 5.41) is 10.4. The Bertz CT molecular complexity index is 1410. The fourth-order valence-electron chi connectivity index (χ4n) is 8.15.